The number of carbonyl (C=O) groups excluding carboxylic acids is 1. The van der Waals surface area contributed by atoms with Crippen LogP contribution in [0.3, 0.4) is 0 Å². The zero-order chi connectivity index (χ0) is 28.6. The van der Waals surface area contributed by atoms with Crippen LogP contribution in [-0.4, -0.2) is 77.5 Å². The Morgan fingerprint density at radius 3 is 2.20 bits per heavy atom. The lowest BCUT2D eigenvalue weighted by atomic mass is 10.0. The second-order valence-corrected chi connectivity index (χ2v) is 10.2. The van der Waals surface area contributed by atoms with Crippen molar-refractivity contribution in [1.82, 2.24) is 14.7 Å². The van der Waals surface area contributed by atoms with Crippen molar-refractivity contribution in [1.29, 1.82) is 0 Å². The summed E-state index contributed by atoms with van der Waals surface area (Å²) in [6, 6.07) is 19.4. The maximum absolute atomic E-state index is 13.1. The van der Waals surface area contributed by atoms with E-state index in [2.05, 4.69) is 10.1 Å². The minimum Gasteiger partial charge on any atom is -0.379 e. The maximum Gasteiger partial charge on any atom is 0.416 e. The van der Waals surface area contributed by atoms with Crippen LogP contribution in [0.1, 0.15) is 39.5 Å². The molecule has 0 bridgehead atoms. The summed E-state index contributed by atoms with van der Waals surface area (Å²) in [5.74, 6) is 0.253. The van der Waals surface area contributed by atoms with E-state index < -0.39 is 24.2 Å². The molecule has 3 aliphatic rings. The van der Waals surface area contributed by atoms with E-state index in [0.29, 0.717) is 42.3 Å². The lowest BCUT2D eigenvalue weighted by Crippen LogP contribution is -2.45. The fourth-order valence-corrected chi connectivity index (χ4v) is 5.39. The number of halogens is 3. The summed E-state index contributed by atoms with van der Waals surface area (Å²) < 4.78 is 44.4. The average Bonchev–Trinajstić information content (AvgIpc) is 3.50. The van der Waals surface area contributed by atoms with Crippen LogP contribution in [-0.2, 0) is 15.8 Å². The number of aliphatic hydroxyl groups is 1. The number of morpholine rings is 1. The predicted octanol–water partition coefficient (Wildman–Crippen LogP) is 4.50. The summed E-state index contributed by atoms with van der Waals surface area (Å²) in [5.41, 5.74) is 2.58. The van der Waals surface area contributed by atoms with Crippen molar-refractivity contribution in [3.8, 4) is 11.1 Å². The number of amidine groups is 1. The first kappa shape index (κ1) is 27.3. The number of carbonyl (C=O) groups is 1. The molecule has 41 heavy (non-hydrogen) atoms. The third-order valence-electron chi connectivity index (χ3n) is 7.71. The molecule has 1 fully saturated rings. The molecule has 3 aliphatic heterocycles. The molecule has 3 heterocycles. The average molecular weight is 567 g/mol. The Kier molecular flexibility index (Phi) is 7.41. The fourth-order valence-electron chi connectivity index (χ4n) is 5.39. The molecule has 0 spiro atoms. The Labute approximate surface area is 235 Å². The van der Waals surface area contributed by atoms with Gasteiger partial charge in [-0.25, -0.2) is 0 Å². The highest BCUT2D eigenvalue weighted by Crippen LogP contribution is 2.35. The van der Waals surface area contributed by atoms with Gasteiger partial charge >= 0.3 is 6.18 Å². The van der Waals surface area contributed by atoms with Crippen molar-refractivity contribution >= 4 is 11.7 Å². The van der Waals surface area contributed by atoms with Gasteiger partial charge in [0.1, 0.15) is 0 Å². The number of amides is 1. The van der Waals surface area contributed by atoms with Gasteiger partial charge in [0.05, 0.1) is 25.3 Å². The molecule has 2 atom stereocenters. The Bertz CT molecular complexity index is 1420. The van der Waals surface area contributed by atoms with E-state index in [1.54, 1.807) is 24.3 Å². The third-order valence-corrected chi connectivity index (χ3v) is 7.71. The molecular formula is C30H29F3N4O4. The van der Waals surface area contributed by atoms with E-state index >= 15 is 0 Å². The highest BCUT2D eigenvalue weighted by Gasteiger charge is 2.40. The van der Waals surface area contributed by atoms with Crippen molar-refractivity contribution in [2.24, 2.45) is 5.16 Å². The van der Waals surface area contributed by atoms with E-state index in [1.807, 2.05) is 29.2 Å². The molecule has 11 heteroatoms. The molecule has 0 saturated carbocycles. The van der Waals surface area contributed by atoms with Gasteiger partial charge in [-0.1, -0.05) is 59.8 Å². The van der Waals surface area contributed by atoms with Gasteiger partial charge in [-0.2, -0.15) is 13.2 Å². The Hall–Kier alpha value is -3.93. The Balaban J connectivity index is 1.21. The van der Waals surface area contributed by atoms with Crippen LogP contribution in [0.5, 0.6) is 0 Å². The smallest absolute Gasteiger partial charge is 0.379 e. The van der Waals surface area contributed by atoms with Crippen LogP contribution in [0.15, 0.2) is 78.0 Å². The SMILES string of the molecule is O=C1c2ccccc2C(O)N1CC1=NOC(c2ccc(-c3ccc(C(F)(F)F)cc3)cc2)N1CCN1CCOCC1. The minimum atomic E-state index is -4.39. The van der Waals surface area contributed by atoms with Gasteiger partial charge < -0.3 is 24.5 Å². The summed E-state index contributed by atoms with van der Waals surface area (Å²) in [6.45, 7) is 4.31. The van der Waals surface area contributed by atoms with Crippen molar-refractivity contribution < 1.29 is 32.6 Å². The number of alkyl halides is 3. The number of hydrogen-bond donors (Lipinski definition) is 1. The summed E-state index contributed by atoms with van der Waals surface area (Å²) in [4.78, 5) is 24.6. The molecule has 1 N–H and O–H groups in total. The molecule has 3 aromatic rings. The van der Waals surface area contributed by atoms with E-state index in [1.165, 1.54) is 17.0 Å². The first-order chi connectivity index (χ1) is 19.8. The second-order valence-electron chi connectivity index (χ2n) is 10.2. The van der Waals surface area contributed by atoms with E-state index in [0.717, 1.165) is 42.9 Å². The van der Waals surface area contributed by atoms with Gasteiger partial charge in [0.15, 0.2) is 12.1 Å². The van der Waals surface area contributed by atoms with Crippen LogP contribution >= 0.6 is 0 Å². The van der Waals surface area contributed by atoms with Gasteiger partial charge in [-0.15, -0.1) is 0 Å². The summed E-state index contributed by atoms with van der Waals surface area (Å²) in [7, 11) is 0. The zero-order valence-electron chi connectivity index (χ0n) is 22.1. The Morgan fingerprint density at radius 2 is 1.54 bits per heavy atom. The van der Waals surface area contributed by atoms with Gasteiger partial charge in [0, 0.05) is 42.9 Å². The largest absolute Gasteiger partial charge is 0.416 e. The molecule has 0 radical (unpaired) electrons. The highest BCUT2D eigenvalue weighted by molar-refractivity contribution is 6.01. The number of ether oxygens (including phenoxy) is 1. The number of nitrogens with zero attached hydrogens (tertiary/aromatic N) is 4. The molecule has 214 valence electrons. The molecule has 3 aromatic carbocycles. The van der Waals surface area contributed by atoms with Crippen LogP contribution in [0.2, 0.25) is 0 Å². The Morgan fingerprint density at radius 1 is 0.878 bits per heavy atom. The molecule has 8 nitrogen and oxygen atoms in total. The normalized spacial score (nSPS) is 21.2. The second kappa shape index (κ2) is 11.2. The number of benzene rings is 3. The maximum atomic E-state index is 13.1. The number of oxime groups is 1. The predicted molar refractivity (Wildman–Crippen MR) is 145 cm³/mol. The van der Waals surface area contributed by atoms with E-state index in [9.17, 15) is 23.1 Å². The fraction of sp³-hybridized carbons (Fsp3) is 0.333. The first-order valence-electron chi connectivity index (χ1n) is 13.4. The first-order valence-corrected chi connectivity index (χ1v) is 13.4. The summed E-state index contributed by atoms with van der Waals surface area (Å²) in [5, 5.41) is 15.2. The van der Waals surface area contributed by atoms with E-state index in [4.69, 9.17) is 9.57 Å². The number of hydrogen-bond acceptors (Lipinski definition) is 7. The van der Waals surface area contributed by atoms with Crippen molar-refractivity contribution in [3.63, 3.8) is 0 Å². The van der Waals surface area contributed by atoms with Gasteiger partial charge in [-0.3, -0.25) is 9.69 Å². The van der Waals surface area contributed by atoms with Crippen LogP contribution in [0.25, 0.3) is 11.1 Å². The highest BCUT2D eigenvalue weighted by atomic mass is 19.4. The van der Waals surface area contributed by atoms with Gasteiger partial charge in [-0.05, 0) is 29.3 Å². The van der Waals surface area contributed by atoms with Gasteiger partial charge in [0.25, 0.3) is 5.91 Å². The van der Waals surface area contributed by atoms with E-state index in [-0.39, 0.29) is 12.5 Å². The van der Waals surface area contributed by atoms with Crippen molar-refractivity contribution in [2.45, 2.75) is 18.6 Å². The molecule has 0 aromatic heterocycles. The molecule has 0 aliphatic carbocycles. The van der Waals surface area contributed by atoms with Crippen LogP contribution < -0.4 is 0 Å². The third kappa shape index (κ3) is 5.52. The zero-order valence-corrected chi connectivity index (χ0v) is 22.1. The van der Waals surface area contributed by atoms with Crippen molar-refractivity contribution in [2.75, 3.05) is 45.9 Å². The summed E-state index contributed by atoms with van der Waals surface area (Å²) in [6.07, 6.45) is -6.03. The topological polar surface area (TPSA) is 77.8 Å². The lowest BCUT2D eigenvalue weighted by molar-refractivity contribution is -0.137. The molecule has 6 rings (SSSR count). The monoisotopic (exact) mass is 566 g/mol. The molecule has 1 saturated heterocycles. The lowest BCUT2D eigenvalue weighted by Gasteiger charge is -2.32. The molecule has 2 unspecified atom stereocenters. The molecule has 1 amide bonds. The van der Waals surface area contributed by atoms with Gasteiger partial charge in [0.2, 0.25) is 6.23 Å². The minimum absolute atomic E-state index is 0.0674. The number of aliphatic hydroxyl groups excluding tert-OH is 1. The van der Waals surface area contributed by atoms with Crippen LogP contribution in [0.4, 0.5) is 13.2 Å². The van der Waals surface area contributed by atoms with Crippen LogP contribution in [0, 0.1) is 0 Å². The standard InChI is InChI=1S/C30H29F3N4O4/c31-30(32,33)23-11-9-21(10-12-23)20-5-7-22(8-6-20)29-36(14-13-35-15-17-40-18-16-35)26(34-41-29)19-37-27(38)24-3-1-2-4-25(24)28(37)39/h1-12,27,29,38H,13-19H2. The molecular weight excluding hydrogens is 537 g/mol. The number of rotatable bonds is 7. The summed E-state index contributed by atoms with van der Waals surface area (Å²) >= 11 is 0. The quantitative estimate of drug-likeness (QED) is 0.454. The van der Waals surface area contributed by atoms with Crippen molar-refractivity contribution in [3.05, 3.63) is 95.1 Å². The number of fused-ring (bicyclic) bond motifs is 1.